The predicted octanol–water partition coefficient (Wildman–Crippen LogP) is 1.77. The Kier molecular flexibility index (Phi) is 7.69. The number of hydrogen-bond donors (Lipinski definition) is 4. The van der Waals surface area contributed by atoms with Crippen molar-refractivity contribution in [1.29, 1.82) is 5.41 Å². The number of nitrogens with one attached hydrogen (secondary N) is 1. The van der Waals surface area contributed by atoms with Gasteiger partial charge >= 0.3 is 5.97 Å². The van der Waals surface area contributed by atoms with Gasteiger partial charge in [-0.2, -0.15) is 4.57 Å². The molecule has 4 aromatic rings. The van der Waals surface area contributed by atoms with Crippen LogP contribution in [0.3, 0.4) is 0 Å². The number of pyridine rings is 1. The summed E-state index contributed by atoms with van der Waals surface area (Å²) in [4.78, 5) is 49.1. The molecule has 0 aromatic carbocycles. The van der Waals surface area contributed by atoms with E-state index in [4.69, 9.17) is 26.1 Å². The lowest BCUT2D eigenvalue weighted by Crippen LogP contribution is -2.62. The van der Waals surface area contributed by atoms with E-state index in [1.54, 1.807) is 11.4 Å². The van der Waals surface area contributed by atoms with Crippen molar-refractivity contribution in [3.8, 4) is 0 Å². The maximum Gasteiger partial charge on any atom is 0.352 e. The second-order valence-electron chi connectivity index (χ2n) is 10.2. The zero-order chi connectivity index (χ0) is 31.1. The Bertz CT molecular complexity index is 1890. The number of Topliss-reactive ketones (excluding diaryl/α,β-unsaturated/α-hetero) is 1. The predicted molar refractivity (Wildman–Crippen MR) is 162 cm³/mol. The Morgan fingerprint density at radius 1 is 1.36 bits per heavy atom. The Hall–Kier alpha value is -4.96. The minimum absolute atomic E-state index is 0.0370. The molecule has 2 atom stereocenters. The molecule has 1 saturated heterocycles. The molecule has 2 aliphatic heterocycles. The minimum atomic E-state index is -1.20. The zero-order valence-corrected chi connectivity index (χ0v) is 24.9. The number of nitrogen functional groups attached to an aromatic ring is 2. The molecular weight excluding hydrogens is 608 g/mol. The molecule has 44 heavy (non-hydrogen) atoms. The fourth-order valence-electron chi connectivity index (χ4n) is 5.36. The normalized spacial score (nSPS) is 18.3. The molecule has 0 radical (unpaired) electrons. The summed E-state index contributed by atoms with van der Waals surface area (Å²) in [7, 11) is 1.30. The molecule has 0 spiro atoms. The number of ketones is 1. The highest BCUT2D eigenvalue weighted by Gasteiger charge is 2.54. The van der Waals surface area contributed by atoms with Crippen LogP contribution >= 0.6 is 23.1 Å². The van der Waals surface area contributed by atoms with E-state index in [2.05, 4.69) is 10.1 Å². The molecule has 0 aliphatic carbocycles. The van der Waals surface area contributed by atoms with E-state index in [0.717, 1.165) is 22.2 Å². The zero-order valence-electron chi connectivity index (χ0n) is 23.3. The average Bonchev–Trinajstić information content (AvgIpc) is 3.75. The number of nitrogens with zero attached hydrogens (tertiary/aromatic N) is 5. The number of rotatable bonds is 11. The molecule has 0 unspecified atom stereocenters. The first-order chi connectivity index (χ1) is 21.1. The van der Waals surface area contributed by atoms with Crippen LogP contribution in [0, 0.1) is 11.3 Å². The molecule has 14 nitrogen and oxygen atoms in total. The van der Waals surface area contributed by atoms with Gasteiger partial charge in [-0.25, -0.2) is 9.78 Å². The van der Waals surface area contributed by atoms with Gasteiger partial charge in [-0.15, -0.1) is 23.1 Å². The number of furan rings is 1. The Balaban J connectivity index is 1.21. The van der Waals surface area contributed by atoms with Crippen LogP contribution in [-0.4, -0.2) is 67.0 Å². The molecule has 6 rings (SSSR count). The van der Waals surface area contributed by atoms with Crippen LogP contribution in [0.2, 0.25) is 0 Å². The van der Waals surface area contributed by atoms with Crippen molar-refractivity contribution in [3.63, 3.8) is 0 Å². The standard InChI is InChI=1S/C28H26N8O6S2/c1-41-33-22(19-13-44-28(31)32-19)21(37)7-18-25(38)36-23(27(39)40)16(12-43-26(18)36)8-34-4-2-14-3-5-35(20(14)10-34)9-17-6-15(11-42-17)24(29)30/h2-6,10-11,13,18,26H,7-9,12H2,1H3,(H5-,29,30,31,32,39,40)/p+1/b33-22-/t18-,26-/m1/s1. The molecular formula is C28H27N8O6S2+. The van der Waals surface area contributed by atoms with E-state index in [1.807, 2.05) is 39.9 Å². The number of amides is 1. The van der Waals surface area contributed by atoms with Gasteiger partial charge in [-0.3, -0.25) is 19.9 Å². The molecule has 1 fully saturated rings. The van der Waals surface area contributed by atoms with Crippen LogP contribution in [0.4, 0.5) is 5.13 Å². The van der Waals surface area contributed by atoms with Gasteiger partial charge < -0.3 is 30.4 Å². The number of β-lactam (4-membered cyclic amide) rings is 1. The van der Waals surface area contributed by atoms with E-state index >= 15 is 0 Å². The highest BCUT2D eigenvalue weighted by molar-refractivity contribution is 8.00. The van der Waals surface area contributed by atoms with Crippen LogP contribution < -0.4 is 16.0 Å². The smallest absolute Gasteiger partial charge is 0.352 e. The number of thioether (sulfide) groups is 1. The van der Waals surface area contributed by atoms with Gasteiger partial charge in [0.1, 0.15) is 41.9 Å². The Morgan fingerprint density at radius 2 is 2.18 bits per heavy atom. The third-order valence-electron chi connectivity index (χ3n) is 7.41. The number of carbonyl (C=O) groups is 3. The number of aromatic nitrogens is 3. The van der Waals surface area contributed by atoms with Crippen LogP contribution in [0.5, 0.6) is 0 Å². The van der Waals surface area contributed by atoms with Crippen molar-refractivity contribution in [2.45, 2.75) is 24.9 Å². The Labute approximate surface area is 258 Å². The number of carbonyl (C=O) groups excluding carboxylic acids is 2. The summed E-state index contributed by atoms with van der Waals surface area (Å²) < 4.78 is 9.41. The highest BCUT2D eigenvalue weighted by Crippen LogP contribution is 2.45. The third-order valence-corrected chi connectivity index (χ3v) is 9.48. The van der Waals surface area contributed by atoms with Gasteiger partial charge in [0.25, 0.3) is 0 Å². The molecule has 0 saturated carbocycles. The summed E-state index contributed by atoms with van der Waals surface area (Å²) in [5.41, 5.74) is 13.4. The second-order valence-corrected chi connectivity index (χ2v) is 12.2. The largest absolute Gasteiger partial charge is 0.477 e. The number of nitrogens with two attached hydrogens (primary N) is 2. The van der Waals surface area contributed by atoms with Crippen LogP contribution in [0.15, 0.2) is 69.3 Å². The lowest BCUT2D eigenvalue weighted by molar-refractivity contribution is -0.687. The van der Waals surface area contributed by atoms with Crippen LogP contribution in [0.1, 0.15) is 23.4 Å². The van der Waals surface area contributed by atoms with Gasteiger partial charge in [0.15, 0.2) is 35.6 Å². The van der Waals surface area contributed by atoms with Crippen LogP contribution in [0.25, 0.3) is 10.9 Å². The van der Waals surface area contributed by atoms with Crippen molar-refractivity contribution >= 4 is 68.3 Å². The first-order valence-corrected chi connectivity index (χ1v) is 15.2. The molecule has 6 N–H and O–H groups in total. The lowest BCUT2D eigenvalue weighted by Gasteiger charge is -2.49. The topological polar surface area (TPSA) is 207 Å². The number of fused-ring (bicyclic) bond motifs is 2. The van der Waals surface area contributed by atoms with E-state index in [1.165, 1.54) is 30.0 Å². The fraction of sp³-hybridized carbons (Fsp3) is 0.250. The molecule has 4 aromatic heterocycles. The summed E-state index contributed by atoms with van der Waals surface area (Å²) in [6.07, 6.45) is 6.96. The first-order valence-electron chi connectivity index (χ1n) is 13.3. The quantitative estimate of drug-likeness (QED) is 0.0617. The number of aliphatic carboxylic acids is 1. The lowest BCUT2D eigenvalue weighted by atomic mass is 9.89. The van der Waals surface area contributed by atoms with Crippen molar-refractivity contribution < 1.29 is 33.3 Å². The number of carboxylic acid groups (broad SMARTS) is 1. The molecule has 6 heterocycles. The van der Waals surface area contributed by atoms with Gasteiger partial charge in [0, 0.05) is 40.8 Å². The molecule has 16 heteroatoms. The number of amidine groups is 1. The summed E-state index contributed by atoms with van der Waals surface area (Å²) in [6.45, 7) is 0.664. The maximum atomic E-state index is 13.3. The molecule has 2 aliphatic rings. The van der Waals surface area contributed by atoms with Crippen molar-refractivity contribution in [2.24, 2.45) is 16.8 Å². The monoisotopic (exact) mass is 635 g/mol. The van der Waals surface area contributed by atoms with Gasteiger partial charge in [0.05, 0.1) is 23.4 Å². The summed E-state index contributed by atoms with van der Waals surface area (Å²) in [5, 5.41) is 23.9. The van der Waals surface area contributed by atoms with E-state index in [-0.39, 0.29) is 41.0 Å². The van der Waals surface area contributed by atoms with E-state index in [9.17, 15) is 19.5 Å². The third kappa shape index (κ3) is 5.33. The van der Waals surface area contributed by atoms with E-state index < -0.39 is 29.0 Å². The molecule has 226 valence electrons. The van der Waals surface area contributed by atoms with Gasteiger partial charge in [-0.1, -0.05) is 5.16 Å². The molecule has 0 bridgehead atoms. The average molecular weight is 636 g/mol. The number of thiazole rings is 1. The second kappa shape index (κ2) is 11.6. The summed E-state index contributed by atoms with van der Waals surface area (Å²) >= 11 is 2.57. The van der Waals surface area contributed by atoms with E-state index in [0.29, 0.717) is 29.2 Å². The maximum absolute atomic E-state index is 13.3. The summed E-state index contributed by atoms with van der Waals surface area (Å²) in [5.74, 6) is -1.86. The Morgan fingerprint density at radius 3 is 2.86 bits per heavy atom. The van der Waals surface area contributed by atoms with Crippen molar-refractivity contribution in [1.82, 2.24) is 14.5 Å². The number of anilines is 1. The highest BCUT2D eigenvalue weighted by atomic mass is 32.2. The van der Waals surface area contributed by atoms with Crippen molar-refractivity contribution in [3.05, 3.63) is 76.7 Å². The van der Waals surface area contributed by atoms with Crippen molar-refractivity contribution in [2.75, 3.05) is 18.6 Å². The number of carboxylic acids is 1. The fourth-order valence-corrected chi connectivity index (χ4v) is 7.31. The number of oxime groups is 1. The van der Waals surface area contributed by atoms with Gasteiger partial charge in [-0.05, 0) is 12.1 Å². The number of hydrogen-bond acceptors (Lipinski definition) is 11. The van der Waals surface area contributed by atoms with Crippen LogP contribution in [-0.2, 0) is 32.3 Å². The first kappa shape index (κ1) is 29.1. The summed E-state index contributed by atoms with van der Waals surface area (Å²) in [6, 6.07) is 5.61. The van der Waals surface area contributed by atoms with Gasteiger partial charge in [0.2, 0.25) is 5.91 Å². The molecule has 1 amide bonds. The minimum Gasteiger partial charge on any atom is -0.477 e. The SMILES string of the molecule is CO/N=C(\C(=O)C[C@@H]1C(=O)N2C(C(=O)O)=C(C[n+]3ccc4ccn(Cc5cc(C(=N)N)co5)c4c3)CS[C@H]12)c1csc(N)n1.